The lowest BCUT2D eigenvalue weighted by Gasteiger charge is -2.14. The van der Waals surface area contributed by atoms with Gasteiger partial charge in [0.2, 0.25) is 0 Å². The Morgan fingerprint density at radius 3 is 2.51 bits per heavy atom. The Morgan fingerprint density at radius 1 is 1.11 bits per heavy atom. The van der Waals surface area contributed by atoms with Gasteiger partial charge in [0.05, 0.1) is 12.7 Å². The molecule has 1 N–H and O–H groups in total. The van der Waals surface area contributed by atoms with Crippen molar-refractivity contribution in [2.45, 2.75) is 12.8 Å². The van der Waals surface area contributed by atoms with E-state index in [1.54, 1.807) is 42.5 Å². The van der Waals surface area contributed by atoms with Crippen molar-refractivity contribution in [2.24, 2.45) is 0 Å². The van der Waals surface area contributed by atoms with Gasteiger partial charge in [0.15, 0.2) is 11.5 Å². The Bertz CT molecular complexity index is 1320. The number of amides is 1. The highest BCUT2D eigenvalue weighted by Crippen LogP contribution is 2.34. The van der Waals surface area contributed by atoms with Gasteiger partial charge in [0.1, 0.15) is 18.2 Å². The lowest BCUT2D eigenvalue weighted by atomic mass is 10.1. The van der Waals surface area contributed by atoms with E-state index in [9.17, 15) is 23.2 Å². The normalized spacial score (nSPS) is 11.5. The third-order valence-corrected chi connectivity index (χ3v) is 5.32. The van der Waals surface area contributed by atoms with Crippen LogP contribution in [0.3, 0.4) is 0 Å². The second kappa shape index (κ2) is 11.2. The zero-order chi connectivity index (χ0) is 25.6. The summed E-state index contributed by atoms with van der Waals surface area (Å²) in [5.74, 6) is -0.318. The molecule has 0 aliphatic carbocycles. The van der Waals surface area contributed by atoms with E-state index in [0.717, 1.165) is 18.2 Å². The van der Waals surface area contributed by atoms with Gasteiger partial charge in [0.25, 0.3) is 5.91 Å². The molecule has 3 rings (SSSR count). The predicted molar refractivity (Wildman–Crippen MR) is 127 cm³/mol. The van der Waals surface area contributed by atoms with Crippen LogP contribution in [0.25, 0.3) is 6.08 Å². The Labute approximate surface area is 209 Å². The first kappa shape index (κ1) is 25.9. The van der Waals surface area contributed by atoms with Crippen molar-refractivity contribution in [3.63, 3.8) is 0 Å². The van der Waals surface area contributed by atoms with Gasteiger partial charge in [0, 0.05) is 26.9 Å². The molecule has 0 atom stereocenters. The van der Waals surface area contributed by atoms with E-state index >= 15 is 0 Å². The topological polar surface area (TPSA) is 71.3 Å². The fraction of sp³-hybridized carbons (Fsp3) is 0.120. The van der Waals surface area contributed by atoms with Crippen LogP contribution in [0.5, 0.6) is 11.5 Å². The van der Waals surface area contributed by atoms with Crippen molar-refractivity contribution in [1.29, 1.82) is 5.26 Å². The number of carbonyl (C=O) groups is 1. The first-order chi connectivity index (χ1) is 16.6. The monoisotopic (exact) mass is 520 g/mol. The first-order valence-corrected chi connectivity index (χ1v) is 10.7. The molecule has 0 spiro atoms. The summed E-state index contributed by atoms with van der Waals surface area (Å²) in [4.78, 5) is 12.6. The molecule has 3 aromatic carbocycles. The van der Waals surface area contributed by atoms with Crippen LogP contribution in [0.15, 0.2) is 66.2 Å². The van der Waals surface area contributed by atoms with Crippen LogP contribution >= 0.6 is 23.2 Å². The predicted octanol–water partition coefficient (Wildman–Crippen LogP) is 7.15. The molecule has 180 valence electrons. The zero-order valence-corrected chi connectivity index (χ0v) is 19.6. The number of hydrogen-bond donors (Lipinski definition) is 1. The quantitative estimate of drug-likeness (QED) is 0.265. The molecular formula is C25H17Cl2F3N2O3. The summed E-state index contributed by atoms with van der Waals surface area (Å²) in [7, 11) is 1.43. The summed E-state index contributed by atoms with van der Waals surface area (Å²) < 4.78 is 50.1. The molecule has 35 heavy (non-hydrogen) atoms. The van der Waals surface area contributed by atoms with Crippen LogP contribution in [0.1, 0.15) is 16.7 Å². The molecule has 0 unspecified atom stereocenters. The number of nitriles is 1. The highest BCUT2D eigenvalue weighted by atomic mass is 35.5. The van der Waals surface area contributed by atoms with E-state index in [-0.39, 0.29) is 23.6 Å². The number of alkyl halides is 3. The summed E-state index contributed by atoms with van der Waals surface area (Å²) in [6.45, 7) is 0.0372. The van der Waals surface area contributed by atoms with Gasteiger partial charge in [-0.2, -0.15) is 18.4 Å². The molecule has 0 heterocycles. The fourth-order valence-corrected chi connectivity index (χ4v) is 3.49. The maximum atomic E-state index is 13.0. The number of benzene rings is 3. The highest BCUT2D eigenvalue weighted by Gasteiger charge is 2.30. The number of para-hydroxylation sites is 1. The molecule has 0 fully saturated rings. The number of nitrogens with one attached hydrogen (secondary N) is 1. The van der Waals surface area contributed by atoms with Crippen LogP contribution in [0.2, 0.25) is 10.0 Å². The Hall–Kier alpha value is -3.67. The lowest BCUT2D eigenvalue weighted by Crippen LogP contribution is -2.14. The molecule has 0 radical (unpaired) electrons. The summed E-state index contributed by atoms with van der Waals surface area (Å²) >= 11 is 12.1. The van der Waals surface area contributed by atoms with Gasteiger partial charge in [-0.15, -0.1) is 0 Å². The van der Waals surface area contributed by atoms with Crippen molar-refractivity contribution in [2.75, 3.05) is 12.4 Å². The number of hydrogen-bond acceptors (Lipinski definition) is 4. The van der Waals surface area contributed by atoms with Gasteiger partial charge in [-0.3, -0.25) is 4.79 Å². The van der Waals surface area contributed by atoms with E-state index in [0.29, 0.717) is 26.9 Å². The van der Waals surface area contributed by atoms with Crippen molar-refractivity contribution in [3.05, 3.63) is 93.0 Å². The second-order valence-corrected chi connectivity index (χ2v) is 7.95. The molecule has 0 bridgehead atoms. The number of halogens is 5. The van der Waals surface area contributed by atoms with Gasteiger partial charge < -0.3 is 14.8 Å². The number of nitrogens with zero attached hydrogens (tertiary/aromatic N) is 1. The number of carbonyl (C=O) groups excluding carboxylic acids is 1. The molecular weight excluding hydrogens is 504 g/mol. The molecule has 5 nitrogen and oxygen atoms in total. The maximum absolute atomic E-state index is 13.0. The van der Waals surface area contributed by atoms with Crippen molar-refractivity contribution >= 4 is 40.9 Å². The Kier molecular flexibility index (Phi) is 8.28. The molecule has 0 aliphatic heterocycles. The molecule has 0 saturated carbocycles. The summed E-state index contributed by atoms with van der Waals surface area (Å²) in [6, 6.07) is 15.6. The average molecular weight is 521 g/mol. The minimum atomic E-state index is -4.57. The number of ether oxygens (including phenoxy) is 2. The van der Waals surface area contributed by atoms with Crippen LogP contribution in [0.4, 0.5) is 18.9 Å². The molecule has 1 amide bonds. The van der Waals surface area contributed by atoms with Crippen molar-refractivity contribution in [3.8, 4) is 17.6 Å². The molecule has 10 heteroatoms. The first-order valence-electron chi connectivity index (χ1n) is 9.96. The number of rotatable bonds is 7. The fourth-order valence-electron chi connectivity index (χ4n) is 3.03. The number of anilines is 1. The third-order valence-electron chi connectivity index (χ3n) is 4.73. The second-order valence-electron chi connectivity index (χ2n) is 7.11. The van der Waals surface area contributed by atoms with E-state index in [1.165, 1.54) is 19.3 Å². The Morgan fingerprint density at radius 2 is 1.86 bits per heavy atom. The summed E-state index contributed by atoms with van der Waals surface area (Å²) in [6.07, 6.45) is -3.32. The largest absolute Gasteiger partial charge is 0.493 e. The van der Waals surface area contributed by atoms with Gasteiger partial charge in [-0.25, -0.2) is 0 Å². The SMILES string of the molecule is COc1cccc(/C=C(/C#N)C(=O)Nc2cccc(C(F)(F)F)c2)c1OCc1ccc(Cl)cc1Cl. The van der Waals surface area contributed by atoms with E-state index in [4.69, 9.17) is 32.7 Å². The van der Waals surface area contributed by atoms with E-state index < -0.39 is 17.6 Å². The molecule has 3 aromatic rings. The highest BCUT2D eigenvalue weighted by molar-refractivity contribution is 6.35. The standard InChI is InChI=1S/C25H17Cl2F3N2O3/c1-34-22-7-2-4-15(23(22)35-14-16-8-9-19(26)12-21(16)27)10-17(13-31)24(33)32-20-6-3-5-18(11-20)25(28,29)30/h2-12H,14H2,1H3,(H,32,33)/b17-10-. The van der Waals surface area contributed by atoms with Gasteiger partial charge in [-0.1, -0.05) is 47.5 Å². The zero-order valence-electron chi connectivity index (χ0n) is 18.1. The lowest BCUT2D eigenvalue weighted by molar-refractivity contribution is -0.137. The van der Waals surface area contributed by atoms with Crippen LogP contribution in [-0.2, 0) is 17.6 Å². The van der Waals surface area contributed by atoms with Crippen LogP contribution in [-0.4, -0.2) is 13.0 Å². The van der Waals surface area contributed by atoms with Crippen LogP contribution in [0, 0.1) is 11.3 Å². The van der Waals surface area contributed by atoms with Gasteiger partial charge in [-0.05, 0) is 42.5 Å². The van der Waals surface area contributed by atoms with Crippen molar-refractivity contribution in [1.82, 2.24) is 0 Å². The number of methoxy groups -OCH3 is 1. The van der Waals surface area contributed by atoms with Crippen LogP contribution < -0.4 is 14.8 Å². The van der Waals surface area contributed by atoms with E-state index in [2.05, 4.69) is 5.32 Å². The third kappa shape index (κ3) is 6.69. The minimum Gasteiger partial charge on any atom is -0.493 e. The maximum Gasteiger partial charge on any atom is 0.416 e. The molecule has 0 aromatic heterocycles. The van der Waals surface area contributed by atoms with Crippen molar-refractivity contribution < 1.29 is 27.4 Å². The smallest absolute Gasteiger partial charge is 0.416 e. The average Bonchev–Trinajstić information content (AvgIpc) is 2.81. The summed E-state index contributed by atoms with van der Waals surface area (Å²) in [5, 5.41) is 12.7. The molecule has 0 saturated heterocycles. The summed E-state index contributed by atoms with van der Waals surface area (Å²) in [5.41, 5.74) is -0.414. The minimum absolute atomic E-state index is 0.0372. The Balaban J connectivity index is 1.89. The van der Waals surface area contributed by atoms with Gasteiger partial charge >= 0.3 is 6.18 Å². The molecule has 0 aliphatic rings. The van der Waals surface area contributed by atoms with E-state index in [1.807, 2.05) is 0 Å².